The average molecular weight is 265 g/mol. The van der Waals surface area contributed by atoms with Crippen LogP contribution in [0.5, 0.6) is 0 Å². The molecule has 2 aliphatic rings. The third-order valence-corrected chi connectivity index (χ3v) is 5.52. The number of rotatable bonds is 0. The van der Waals surface area contributed by atoms with Crippen molar-refractivity contribution in [3.8, 4) is 0 Å². The molecule has 0 heterocycles. The van der Waals surface area contributed by atoms with Crippen LogP contribution in [-0.4, -0.2) is 0 Å². The van der Waals surface area contributed by atoms with Crippen molar-refractivity contribution < 1.29 is 21.7 Å². The summed E-state index contributed by atoms with van der Waals surface area (Å²) in [6.07, 6.45) is 0. The molecule has 1 heteroatoms. The summed E-state index contributed by atoms with van der Waals surface area (Å²) in [5.74, 6) is 4.58. The van der Waals surface area contributed by atoms with Gasteiger partial charge < -0.3 is 0 Å². The van der Waals surface area contributed by atoms with Crippen molar-refractivity contribution in [3.05, 3.63) is 28.2 Å². The molecule has 0 bridgehead atoms. The minimum absolute atomic E-state index is 0. The molecule has 0 radical (unpaired) electrons. The fourth-order valence-electron chi connectivity index (χ4n) is 3.67. The first-order valence-corrected chi connectivity index (χ1v) is 6.63. The summed E-state index contributed by atoms with van der Waals surface area (Å²) < 4.78 is 0. The number of hydrogen-bond acceptors (Lipinski definition) is 0. The van der Waals surface area contributed by atoms with Crippen LogP contribution in [0.25, 0.3) is 0 Å². The second-order valence-corrected chi connectivity index (χ2v) is 5.98. The summed E-state index contributed by atoms with van der Waals surface area (Å²) in [4.78, 5) is 0. The molecule has 2 aliphatic carbocycles. The van der Waals surface area contributed by atoms with Crippen molar-refractivity contribution in [3.63, 3.8) is 0 Å². The van der Waals surface area contributed by atoms with E-state index < -0.39 is 0 Å². The van der Waals surface area contributed by atoms with Gasteiger partial charge in [-0.15, -0.1) is 5.57 Å². The van der Waals surface area contributed by atoms with Crippen LogP contribution in [0.2, 0.25) is 0 Å². The van der Waals surface area contributed by atoms with Crippen molar-refractivity contribution >= 4 is 0 Å². The Morgan fingerprint density at radius 1 is 1.00 bits per heavy atom. The van der Waals surface area contributed by atoms with Crippen LogP contribution in [0.15, 0.2) is 22.3 Å². The Labute approximate surface area is 122 Å². The number of hydrogen-bond donors (Lipinski definition) is 0. The molecule has 4 unspecified atom stereocenters. The fourth-order valence-corrected chi connectivity index (χ4v) is 3.67. The van der Waals surface area contributed by atoms with Gasteiger partial charge in [0.1, 0.15) is 0 Å². The van der Waals surface area contributed by atoms with Crippen LogP contribution in [0, 0.1) is 29.6 Å². The number of allylic oxidation sites excluding steroid dienone is 4. The molecular weight excluding hydrogens is 240 g/mol. The first kappa shape index (κ1) is 15.1. The van der Waals surface area contributed by atoms with Crippen LogP contribution >= 0.6 is 0 Å². The SMILES string of the molecule is CC1=C(C)C(C)C2=C1[C-](C)C(C)C(C)C2C.[Ti]. The topological polar surface area (TPSA) is 0 Å². The molecule has 0 aromatic heterocycles. The van der Waals surface area contributed by atoms with Crippen molar-refractivity contribution in [2.24, 2.45) is 23.7 Å². The maximum atomic E-state index is 2.42. The molecule has 2 rings (SSSR count). The summed E-state index contributed by atoms with van der Waals surface area (Å²) in [6.45, 7) is 16.6. The Kier molecular flexibility index (Phi) is 4.43. The molecule has 0 amide bonds. The predicted molar refractivity (Wildman–Crippen MR) is 71.0 cm³/mol. The Morgan fingerprint density at radius 3 is 2.06 bits per heavy atom. The van der Waals surface area contributed by atoms with Gasteiger partial charge >= 0.3 is 0 Å². The monoisotopic (exact) mass is 265 g/mol. The molecule has 0 aromatic carbocycles. The molecule has 0 spiro atoms. The normalized spacial score (nSPS) is 37.2. The first-order valence-electron chi connectivity index (χ1n) is 6.63. The molecule has 0 fully saturated rings. The van der Waals surface area contributed by atoms with Gasteiger partial charge in [0.2, 0.25) is 0 Å². The maximum absolute atomic E-state index is 2.42. The van der Waals surface area contributed by atoms with Crippen LogP contribution in [-0.2, 0) is 21.7 Å². The van der Waals surface area contributed by atoms with E-state index in [1.54, 1.807) is 28.2 Å². The van der Waals surface area contributed by atoms with Crippen molar-refractivity contribution in [1.29, 1.82) is 0 Å². The molecule has 0 saturated heterocycles. The second-order valence-electron chi connectivity index (χ2n) is 5.98. The average Bonchev–Trinajstić information content (AvgIpc) is 2.48. The molecule has 0 aromatic rings. The summed E-state index contributed by atoms with van der Waals surface area (Å²) in [6, 6.07) is 0. The zero-order valence-corrected chi connectivity index (χ0v) is 13.9. The van der Waals surface area contributed by atoms with Crippen LogP contribution in [0.1, 0.15) is 48.5 Å². The van der Waals surface area contributed by atoms with Gasteiger partial charge in [0, 0.05) is 21.7 Å². The molecule has 94 valence electrons. The zero-order valence-electron chi connectivity index (χ0n) is 12.3. The Hall–Kier alpha value is 0.0643. The smallest absolute Gasteiger partial charge is 0 e. The molecule has 17 heavy (non-hydrogen) atoms. The van der Waals surface area contributed by atoms with E-state index in [0.717, 1.165) is 17.8 Å². The largest absolute Gasteiger partial charge is 0.186 e. The van der Waals surface area contributed by atoms with Gasteiger partial charge in [-0.1, -0.05) is 72.1 Å². The third-order valence-electron chi connectivity index (χ3n) is 5.52. The van der Waals surface area contributed by atoms with Crippen LogP contribution in [0.3, 0.4) is 0 Å². The summed E-state index contributed by atoms with van der Waals surface area (Å²) >= 11 is 0. The summed E-state index contributed by atoms with van der Waals surface area (Å²) in [5.41, 5.74) is 6.50. The third kappa shape index (κ3) is 1.98. The maximum Gasteiger partial charge on any atom is 0 e. The van der Waals surface area contributed by atoms with Gasteiger partial charge in [-0.05, 0) is 0 Å². The van der Waals surface area contributed by atoms with Gasteiger partial charge in [0.05, 0.1) is 0 Å². The Bertz CT molecular complexity index is 375. The predicted octanol–water partition coefficient (Wildman–Crippen LogP) is 4.78. The van der Waals surface area contributed by atoms with E-state index >= 15 is 0 Å². The summed E-state index contributed by atoms with van der Waals surface area (Å²) in [7, 11) is 0. The van der Waals surface area contributed by atoms with Crippen LogP contribution < -0.4 is 0 Å². The van der Waals surface area contributed by atoms with E-state index in [1.165, 1.54) is 0 Å². The van der Waals surface area contributed by atoms with E-state index in [9.17, 15) is 0 Å². The molecule has 4 atom stereocenters. The van der Waals surface area contributed by atoms with E-state index in [4.69, 9.17) is 0 Å². The Morgan fingerprint density at radius 2 is 1.53 bits per heavy atom. The Balaban J connectivity index is 0.00000144. The van der Waals surface area contributed by atoms with Crippen LogP contribution in [0.4, 0.5) is 0 Å². The standard InChI is InChI=1S/C16H25.Ti/c1-8-9(2)12(5)16-14(7)10(3)13(6)15(16)11(8)4;/h8-9,11,13H,1-7H3;/q-1;. The van der Waals surface area contributed by atoms with Gasteiger partial charge in [-0.3, -0.25) is 0 Å². The van der Waals surface area contributed by atoms with Gasteiger partial charge in [0.25, 0.3) is 0 Å². The first-order chi connectivity index (χ1) is 7.37. The van der Waals surface area contributed by atoms with E-state index in [1.807, 2.05) is 0 Å². The van der Waals surface area contributed by atoms with Gasteiger partial charge in [-0.25, -0.2) is 0 Å². The quantitative estimate of drug-likeness (QED) is 0.436. The second kappa shape index (κ2) is 4.98. The van der Waals surface area contributed by atoms with Crippen molar-refractivity contribution in [1.82, 2.24) is 0 Å². The molecule has 0 nitrogen and oxygen atoms in total. The molecule has 0 N–H and O–H groups in total. The van der Waals surface area contributed by atoms with E-state index in [0.29, 0.717) is 5.92 Å². The fraction of sp³-hybridized carbons (Fsp3) is 0.688. The minimum Gasteiger partial charge on any atom is -0.186 e. The van der Waals surface area contributed by atoms with Gasteiger partial charge in [-0.2, -0.15) is 22.6 Å². The van der Waals surface area contributed by atoms with E-state index in [-0.39, 0.29) is 21.7 Å². The molecular formula is C16H25Ti-. The minimum atomic E-state index is 0. The van der Waals surface area contributed by atoms with Crippen molar-refractivity contribution in [2.45, 2.75) is 48.5 Å². The summed E-state index contributed by atoms with van der Waals surface area (Å²) in [5, 5.41) is 0. The van der Waals surface area contributed by atoms with Gasteiger partial charge in [0.15, 0.2) is 0 Å². The molecule has 0 saturated carbocycles. The molecule has 0 aliphatic heterocycles. The van der Waals surface area contributed by atoms with E-state index in [2.05, 4.69) is 48.5 Å². The zero-order chi connectivity index (χ0) is 12.2. The van der Waals surface area contributed by atoms with Crippen molar-refractivity contribution in [2.75, 3.05) is 0 Å².